The number of ketones is 1. The fourth-order valence-electron chi connectivity index (χ4n) is 2.53. The second kappa shape index (κ2) is 10.4. The van der Waals surface area contributed by atoms with Crippen LogP contribution >= 0.6 is 0 Å². The minimum absolute atomic E-state index is 0.144. The first kappa shape index (κ1) is 22.6. The molecule has 0 saturated heterocycles. The van der Waals surface area contributed by atoms with Crippen LogP contribution < -0.4 is 0 Å². The molecule has 0 radical (unpaired) electrons. The maximum Gasteiger partial charge on any atom is 0.507 e. The first-order valence-corrected chi connectivity index (χ1v) is 10.6. The van der Waals surface area contributed by atoms with Crippen molar-refractivity contribution in [3.05, 3.63) is 12.7 Å². The van der Waals surface area contributed by atoms with Crippen molar-refractivity contribution in [2.75, 3.05) is 42.7 Å². The molecule has 1 N–H and O–H groups in total. The van der Waals surface area contributed by atoms with Crippen LogP contribution in [0.3, 0.4) is 0 Å². The number of carbonyl (C=O) groups is 1. The number of hydrogen-bond acceptors (Lipinski definition) is 8. The molecular weight excluding hydrogens is 340 g/mol. The number of rotatable bonds is 13. The molecule has 0 aliphatic rings. The predicted molar refractivity (Wildman–Crippen MR) is 87.8 cm³/mol. The molecule has 23 heavy (non-hydrogen) atoms. The van der Waals surface area contributed by atoms with Crippen LogP contribution in [-0.4, -0.2) is 77.3 Å². The van der Waals surface area contributed by atoms with Crippen molar-refractivity contribution in [3.8, 4) is 0 Å². The van der Waals surface area contributed by atoms with Crippen LogP contribution in [0.25, 0.3) is 0 Å². The summed E-state index contributed by atoms with van der Waals surface area (Å²) < 4.78 is 33.2. The Balaban J connectivity index is 5.62. The normalized spacial score (nSPS) is 14.1. The van der Waals surface area contributed by atoms with Gasteiger partial charge in [0.2, 0.25) is 0 Å². The standard InChI is InChI=1S/C13H28O8Si2/c1-8-11(14)12(15)9-10-13(22(16-2,17-3)18-4)23(19-5,20-6)21-7/h8,12-13,15H,1,9-10H2,2-7H3. The lowest BCUT2D eigenvalue weighted by Crippen LogP contribution is -2.62. The summed E-state index contributed by atoms with van der Waals surface area (Å²) in [6.07, 6.45) is 0.348. The van der Waals surface area contributed by atoms with Gasteiger partial charge in [-0.2, -0.15) is 0 Å². The van der Waals surface area contributed by atoms with Crippen LogP contribution in [0, 0.1) is 0 Å². The van der Waals surface area contributed by atoms with Gasteiger partial charge >= 0.3 is 17.6 Å². The largest absolute Gasteiger partial charge is 0.507 e. The molecule has 0 bridgehead atoms. The Morgan fingerprint density at radius 3 is 1.52 bits per heavy atom. The zero-order chi connectivity index (χ0) is 18.1. The Hall–Kier alpha value is -0.436. The summed E-state index contributed by atoms with van der Waals surface area (Å²) in [6, 6.07) is 0. The van der Waals surface area contributed by atoms with E-state index >= 15 is 0 Å². The summed E-state index contributed by atoms with van der Waals surface area (Å²) >= 11 is 0. The third-order valence-corrected chi connectivity index (χ3v) is 11.6. The molecule has 0 amide bonds. The van der Waals surface area contributed by atoms with Crippen molar-refractivity contribution in [1.29, 1.82) is 0 Å². The first-order valence-electron chi connectivity index (χ1n) is 7.02. The van der Waals surface area contributed by atoms with Gasteiger partial charge in [-0.3, -0.25) is 4.79 Å². The quantitative estimate of drug-likeness (QED) is 0.372. The van der Waals surface area contributed by atoms with E-state index in [1.54, 1.807) is 0 Å². The lowest BCUT2D eigenvalue weighted by molar-refractivity contribution is -0.122. The van der Waals surface area contributed by atoms with E-state index in [0.29, 0.717) is 6.42 Å². The molecule has 0 aromatic rings. The van der Waals surface area contributed by atoms with Crippen LogP contribution in [0.4, 0.5) is 0 Å². The zero-order valence-corrected chi connectivity index (χ0v) is 16.7. The molecule has 8 nitrogen and oxygen atoms in total. The van der Waals surface area contributed by atoms with Crippen LogP contribution in [0.1, 0.15) is 12.8 Å². The molecule has 0 aromatic heterocycles. The van der Waals surface area contributed by atoms with Gasteiger partial charge in [0.25, 0.3) is 0 Å². The molecule has 0 rings (SSSR count). The summed E-state index contributed by atoms with van der Waals surface area (Å²) in [4.78, 5) is 11.5. The molecule has 0 aromatic carbocycles. The topological polar surface area (TPSA) is 92.7 Å². The summed E-state index contributed by atoms with van der Waals surface area (Å²) in [6.45, 7) is 3.36. The summed E-state index contributed by atoms with van der Waals surface area (Å²) in [5, 5.41) is 9.39. The highest BCUT2D eigenvalue weighted by Crippen LogP contribution is 2.39. The second-order valence-corrected chi connectivity index (χ2v) is 11.5. The smallest absolute Gasteiger partial charge is 0.385 e. The molecular formula is C13H28O8Si2. The highest BCUT2D eigenvalue weighted by Gasteiger charge is 2.63. The molecule has 10 heteroatoms. The second-order valence-electron chi connectivity index (χ2n) is 4.68. The van der Waals surface area contributed by atoms with Gasteiger partial charge in [-0.25, -0.2) is 0 Å². The molecule has 1 atom stereocenters. The van der Waals surface area contributed by atoms with E-state index in [-0.39, 0.29) is 6.42 Å². The molecule has 1 unspecified atom stereocenters. The van der Waals surface area contributed by atoms with E-state index in [9.17, 15) is 9.90 Å². The van der Waals surface area contributed by atoms with E-state index in [4.69, 9.17) is 26.6 Å². The van der Waals surface area contributed by atoms with Gasteiger partial charge in [0, 0.05) is 42.7 Å². The van der Waals surface area contributed by atoms with Crippen LogP contribution in [0.5, 0.6) is 0 Å². The third-order valence-electron chi connectivity index (χ3n) is 3.82. The minimum Gasteiger partial charge on any atom is -0.385 e. The van der Waals surface area contributed by atoms with Gasteiger partial charge in [-0.15, -0.1) is 0 Å². The highest BCUT2D eigenvalue weighted by molar-refractivity contribution is 6.82. The maximum atomic E-state index is 11.5. The van der Waals surface area contributed by atoms with Crippen molar-refractivity contribution in [3.63, 3.8) is 0 Å². The van der Waals surface area contributed by atoms with E-state index in [0.717, 1.165) is 6.08 Å². The maximum absolute atomic E-state index is 11.5. The minimum atomic E-state index is -3.22. The number of aliphatic hydroxyl groups is 1. The fraction of sp³-hybridized carbons (Fsp3) is 0.769. The molecule has 0 aliphatic carbocycles. The van der Waals surface area contributed by atoms with Crippen LogP contribution in [0.15, 0.2) is 12.7 Å². The van der Waals surface area contributed by atoms with Crippen molar-refractivity contribution in [2.24, 2.45) is 0 Å². The van der Waals surface area contributed by atoms with Crippen LogP contribution in [-0.2, 0) is 31.4 Å². The Morgan fingerprint density at radius 2 is 1.26 bits per heavy atom. The lowest BCUT2D eigenvalue weighted by atomic mass is 10.1. The molecule has 0 heterocycles. The average molecular weight is 369 g/mol. The SMILES string of the molecule is C=CC(=O)C(O)CCC([Si](OC)(OC)OC)[Si](OC)(OC)OC. The van der Waals surface area contributed by atoms with E-state index in [1.807, 2.05) is 0 Å². The molecule has 136 valence electrons. The van der Waals surface area contributed by atoms with Gasteiger partial charge in [0.1, 0.15) is 6.10 Å². The molecule has 0 saturated carbocycles. The van der Waals surface area contributed by atoms with Crippen molar-refractivity contribution < 1.29 is 36.5 Å². The van der Waals surface area contributed by atoms with Gasteiger partial charge in [0.15, 0.2) is 5.78 Å². The molecule has 0 fully saturated rings. The Morgan fingerprint density at radius 1 is 0.913 bits per heavy atom. The Kier molecular flexibility index (Phi) is 10.2. The van der Waals surface area contributed by atoms with Gasteiger partial charge in [-0.1, -0.05) is 6.58 Å². The Labute approximate surface area is 140 Å². The predicted octanol–water partition coefficient (Wildman–Crippen LogP) is 0.548. The summed E-state index contributed by atoms with van der Waals surface area (Å²) in [5.41, 5.74) is 0. The summed E-state index contributed by atoms with van der Waals surface area (Å²) in [7, 11) is 2.38. The number of hydrogen-bond donors (Lipinski definition) is 1. The van der Waals surface area contributed by atoms with Crippen molar-refractivity contribution >= 4 is 23.4 Å². The van der Waals surface area contributed by atoms with E-state index in [2.05, 4.69) is 6.58 Å². The van der Waals surface area contributed by atoms with Gasteiger partial charge in [0.05, 0.1) is 5.16 Å². The van der Waals surface area contributed by atoms with Gasteiger partial charge in [-0.05, 0) is 18.9 Å². The monoisotopic (exact) mass is 368 g/mol. The molecule has 0 aliphatic heterocycles. The highest BCUT2D eigenvalue weighted by atomic mass is 28.5. The summed E-state index contributed by atoms with van der Waals surface area (Å²) in [5.74, 6) is -0.456. The van der Waals surface area contributed by atoms with Crippen molar-refractivity contribution in [2.45, 2.75) is 24.1 Å². The zero-order valence-electron chi connectivity index (χ0n) is 14.7. The van der Waals surface area contributed by atoms with E-state index in [1.165, 1.54) is 42.7 Å². The van der Waals surface area contributed by atoms with Crippen molar-refractivity contribution in [1.82, 2.24) is 0 Å². The lowest BCUT2D eigenvalue weighted by Gasteiger charge is -2.39. The average Bonchev–Trinajstić information content (AvgIpc) is 2.61. The van der Waals surface area contributed by atoms with E-state index < -0.39 is 34.7 Å². The Bertz CT molecular complexity index is 334. The number of carbonyl (C=O) groups excluding carboxylic acids is 1. The van der Waals surface area contributed by atoms with Crippen LogP contribution in [0.2, 0.25) is 5.16 Å². The van der Waals surface area contributed by atoms with Gasteiger partial charge < -0.3 is 31.7 Å². The first-order chi connectivity index (χ1) is 10.9. The third kappa shape index (κ3) is 5.02. The fourth-order valence-corrected chi connectivity index (χ4v) is 10.1. The molecule has 0 spiro atoms. The number of aliphatic hydroxyl groups excluding tert-OH is 1.